The topological polar surface area (TPSA) is 95.4 Å². The molecule has 2 N–H and O–H groups in total. The van der Waals surface area contributed by atoms with Crippen LogP contribution in [0, 0.1) is 0 Å². The predicted molar refractivity (Wildman–Crippen MR) is 123 cm³/mol. The van der Waals surface area contributed by atoms with E-state index in [9.17, 15) is 19.5 Å². The molecule has 0 aliphatic carbocycles. The number of nitrogens with zero attached hydrogens (tertiary/aromatic N) is 2. The third kappa shape index (κ3) is 3.45. The third-order valence-electron chi connectivity index (χ3n) is 5.22. The van der Waals surface area contributed by atoms with E-state index in [-0.39, 0.29) is 16.5 Å². The first-order chi connectivity index (χ1) is 15.0. The van der Waals surface area contributed by atoms with Gasteiger partial charge in [0, 0.05) is 16.8 Å². The number of H-pyrrole nitrogens is 1. The molecule has 0 spiro atoms. The molecule has 9 heteroatoms. The lowest BCUT2D eigenvalue weighted by Gasteiger charge is -2.29. The van der Waals surface area contributed by atoms with E-state index >= 15 is 0 Å². The van der Waals surface area contributed by atoms with Crippen LogP contribution in [0.1, 0.15) is 22.3 Å². The number of hydrogen-bond acceptors (Lipinski definition) is 6. The lowest BCUT2D eigenvalue weighted by molar-refractivity contribution is 0.0699. The van der Waals surface area contributed by atoms with Gasteiger partial charge in [0.25, 0.3) is 5.56 Å². The lowest BCUT2D eigenvalue weighted by Crippen LogP contribution is -2.33. The second-order valence-electron chi connectivity index (χ2n) is 7.15. The summed E-state index contributed by atoms with van der Waals surface area (Å²) in [4.78, 5) is 40.9. The number of aromatic amines is 1. The number of fused-ring (bicyclic) bond motifs is 2. The first-order valence-corrected chi connectivity index (χ1v) is 11.3. The van der Waals surface area contributed by atoms with E-state index in [4.69, 9.17) is 0 Å². The van der Waals surface area contributed by atoms with Crippen LogP contribution in [0.2, 0.25) is 0 Å². The van der Waals surface area contributed by atoms with E-state index < -0.39 is 17.2 Å². The molecule has 156 valence electrons. The highest BCUT2D eigenvalue weighted by Gasteiger charge is 2.20. The Hall–Kier alpha value is -3.30. The maximum absolute atomic E-state index is 13.1. The fourth-order valence-corrected chi connectivity index (χ4v) is 5.91. The Balaban J connectivity index is 1.55. The number of nitrogens with one attached hydrogen (secondary N) is 1. The number of carboxylic acids is 1. The summed E-state index contributed by atoms with van der Waals surface area (Å²) in [6.45, 7) is 0.908. The van der Waals surface area contributed by atoms with Crippen molar-refractivity contribution in [1.82, 2.24) is 9.55 Å². The van der Waals surface area contributed by atoms with Crippen molar-refractivity contribution in [3.63, 3.8) is 0 Å². The Bertz CT molecular complexity index is 1440. The minimum absolute atomic E-state index is 0.0119. The molecule has 0 bridgehead atoms. The van der Waals surface area contributed by atoms with Crippen molar-refractivity contribution in [2.75, 3.05) is 10.8 Å². The van der Waals surface area contributed by atoms with Crippen molar-refractivity contribution >= 4 is 45.8 Å². The number of benzene rings is 2. The molecule has 5 rings (SSSR count). The number of para-hydroxylation sites is 1. The number of rotatable bonds is 4. The van der Waals surface area contributed by atoms with Crippen molar-refractivity contribution < 1.29 is 9.90 Å². The molecule has 0 atom stereocenters. The molecule has 0 radical (unpaired) electrons. The quantitative estimate of drug-likeness (QED) is 0.457. The van der Waals surface area contributed by atoms with Gasteiger partial charge in [-0.05, 0) is 54.6 Å². The summed E-state index contributed by atoms with van der Waals surface area (Å²) < 4.78 is 3.23. The van der Waals surface area contributed by atoms with Crippen LogP contribution in [0.3, 0.4) is 0 Å². The molecule has 0 amide bonds. The zero-order valence-corrected chi connectivity index (χ0v) is 17.8. The van der Waals surface area contributed by atoms with Crippen molar-refractivity contribution in [2.45, 2.75) is 17.7 Å². The van der Waals surface area contributed by atoms with Gasteiger partial charge in [0.15, 0.2) is 0 Å². The van der Waals surface area contributed by atoms with E-state index in [2.05, 4.69) is 21.4 Å². The number of anilines is 1. The lowest BCUT2D eigenvalue weighted by atomic mass is 10.0. The van der Waals surface area contributed by atoms with Crippen LogP contribution in [0.5, 0.6) is 0 Å². The molecule has 4 aromatic rings. The monoisotopic (exact) mass is 451 g/mol. The highest BCUT2D eigenvalue weighted by atomic mass is 32.2. The fraction of sp³-hybridized carbons (Fsp3) is 0.136. The number of aromatic nitrogens is 2. The summed E-state index contributed by atoms with van der Waals surface area (Å²) in [7, 11) is 0. The molecule has 0 saturated heterocycles. The second kappa shape index (κ2) is 7.75. The van der Waals surface area contributed by atoms with Crippen LogP contribution < -0.4 is 15.6 Å². The predicted octanol–water partition coefficient (Wildman–Crippen LogP) is 3.90. The highest BCUT2D eigenvalue weighted by Crippen LogP contribution is 2.37. The summed E-state index contributed by atoms with van der Waals surface area (Å²) >= 11 is 2.84. The Morgan fingerprint density at radius 2 is 1.97 bits per heavy atom. The number of hydrogen-bond donors (Lipinski definition) is 2. The highest BCUT2D eigenvalue weighted by molar-refractivity contribution is 8.00. The molecule has 1 aliphatic rings. The van der Waals surface area contributed by atoms with Crippen LogP contribution >= 0.6 is 23.3 Å². The van der Waals surface area contributed by atoms with Crippen molar-refractivity contribution in [2.24, 2.45) is 0 Å². The molecule has 1 aliphatic heterocycles. The first kappa shape index (κ1) is 19.7. The Morgan fingerprint density at radius 3 is 2.81 bits per heavy atom. The number of thiophene rings is 1. The number of aryl methyl sites for hydroxylation is 1. The summed E-state index contributed by atoms with van der Waals surface area (Å²) in [5, 5.41) is 11.8. The van der Waals surface area contributed by atoms with E-state index in [1.807, 2.05) is 17.5 Å². The van der Waals surface area contributed by atoms with Gasteiger partial charge in [0.1, 0.15) is 5.00 Å². The minimum atomic E-state index is -1.22. The summed E-state index contributed by atoms with van der Waals surface area (Å²) in [6, 6.07) is 14.5. The Kier molecular flexibility index (Phi) is 4.91. The SMILES string of the molecule is O=C(O)c1cccc2[nH]c(=O)n(-c3cc(SN4CCCc5ccccc54)cs3)c(=O)c12. The molecule has 0 saturated carbocycles. The van der Waals surface area contributed by atoms with Crippen LogP contribution in [0.4, 0.5) is 5.69 Å². The summed E-state index contributed by atoms with van der Waals surface area (Å²) in [5.41, 5.74) is 1.32. The molecule has 0 unspecified atom stereocenters. The second-order valence-corrected chi connectivity index (χ2v) is 9.13. The molecular weight excluding hydrogens is 434 g/mol. The van der Waals surface area contributed by atoms with Crippen molar-refractivity contribution in [3.05, 3.63) is 85.9 Å². The van der Waals surface area contributed by atoms with Gasteiger partial charge < -0.3 is 14.4 Å². The summed E-state index contributed by atoms with van der Waals surface area (Å²) in [6.07, 6.45) is 2.11. The standard InChI is InChI=1S/C22H17N3O4S2/c26-20-19-15(21(27)28)7-3-8-16(19)23-22(29)25(20)18-11-14(12-30-18)31-24-10-4-6-13-5-1-2-9-17(13)24/h1-3,5,7-9,11-12H,4,6,10H2,(H,23,29)(H,27,28). The van der Waals surface area contributed by atoms with Crippen LogP contribution in [0.25, 0.3) is 15.9 Å². The zero-order chi connectivity index (χ0) is 21.5. The normalized spacial score (nSPS) is 13.4. The van der Waals surface area contributed by atoms with E-state index in [1.165, 1.54) is 40.8 Å². The average Bonchev–Trinajstić information content (AvgIpc) is 3.21. The van der Waals surface area contributed by atoms with Gasteiger partial charge >= 0.3 is 11.7 Å². The van der Waals surface area contributed by atoms with E-state index in [0.29, 0.717) is 5.00 Å². The summed E-state index contributed by atoms with van der Waals surface area (Å²) in [5.74, 6) is -1.22. The van der Waals surface area contributed by atoms with Crippen LogP contribution in [-0.4, -0.2) is 27.2 Å². The first-order valence-electron chi connectivity index (χ1n) is 9.66. The van der Waals surface area contributed by atoms with Gasteiger partial charge in [0.2, 0.25) is 0 Å². The maximum atomic E-state index is 13.1. The largest absolute Gasteiger partial charge is 0.478 e. The molecule has 7 nitrogen and oxygen atoms in total. The average molecular weight is 452 g/mol. The zero-order valence-electron chi connectivity index (χ0n) is 16.2. The molecule has 2 aromatic heterocycles. The van der Waals surface area contributed by atoms with Gasteiger partial charge in [-0.1, -0.05) is 24.3 Å². The van der Waals surface area contributed by atoms with E-state index in [0.717, 1.165) is 28.8 Å². The molecule has 3 heterocycles. The smallest absolute Gasteiger partial charge is 0.336 e. The number of carboxylic acid groups (broad SMARTS) is 1. The minimum Gasteiger partial charge on any atom is -0.478 e. The molecule has 2 aromatic carbocycles. The third-order valence-corrected chi connectivity index (χ3v) is 7.33. The molecule has 31 heavy (non-hydrogen) atoms. The maximum Gasteiger partial charge on any atom is 0.336 e. The van der Waals surface area contributed by atoms with Gasteiger partial charge in [0.05, 0.1) is 22.2 Å². The van der Waals surface area contributed by atoms with Gasteiger partial charge in [-0.2, -0.15) is 0 Å². The van der Waals surface area contributed by atoms with E-state index in [1.54, 1.807) is 18.0 Å². The Labute approximate surface area is 184 Å². The molecule has 0 fully saturated rings. The number of aromatic carboxylic acids is 1. The number of carbonyl (C=O) groups is 1. The molecular formula is C22H17N3O4S2. The van der Waals surface area contributed by atoms with Crippen LogP contribution in [0.15, 0.2) is 68.4 Å². The van der Waals surface area contributed by atoms with Gasteiger partial charge in [-0.15, -0.1) is 11.3 Å². The van der Waals surface area contributed by atoms with Crippen molar-refractivity contribution in [3.8, 4) is 5.00 Å². The van der Waals surface area contributed by atoms with Crippen LogP contribution in [-0.2, 0) is 6.42 Å². The fourth-order valence-electron chi connectivity index (χ4n) is 3.83. The van der Waals surface area contributed by atoms with Gasteiger partial charge in [-0.25, -0.2) is 14.2 Å². The van der Waals surface area contributed by atoms with Crippen molar-refractivity contribution in [1.29, 1.82) is 0 Å². The van der Waals surface area contributed by atoms with Gasteiger partial charge in [-0.3, -0.25) is 4.79 Å². The Morgan fingerprint density at radius 1 is 1.13 bits per heavy atom.